The maximum atomic E-state index is 11.2. The molecule has 0 atom stereocenters. The molecular weight excluding hydrogens is 268 g/mol. The largest absolute Gasteiger partial charge is 0.495 e. The molecule has 2 rings (SSSR count). The molecule has 0 spiro atoms. The second-order valence-electron chi connectivity index (χ2n) is 4.45. The highest BCUT2D eigenvalue weighted by Gasteiger charge is 2.12. The first-order valence-corrected chi connectivity index (χ1v) is 6.25. The number of carboxylic acid groups (broad SMARTS) is 1. The Hall–Kier alpha value is -3.00. The summed E-state index contributed by atoms with van der Waals surface area (Å²) in [5.41, 5.74) is 2.41. The van der Waals surface area contributed by atoms with E-state index in [0.717, 1.165) is 0 Å². The van der Waals surface area contributed by atoms with Crippen molar-refractivity contribution in [2.24, 2.45) is 0 Å². The zero-order valence-corrected chi connectivity index (χ0v) is 11.7. The molecule has 0 aliphatic rings. The van der Waals surface area contributed by atoms with E-state index in [4.69, 9.17) is 15.1 Å². The fourth-order valence-corrected chi connectivity index (χ4v) is 2.00. The van der Waals surface area contributed by atoms with Crippen LogP contribution in [0.1, 0.15) is 21.5 Å². The number of nitriles is 1. The van der Waals surface area contributed by atoms with E-state index in [1.54, 1.807) is 37.3 Å². The number of aryl methyl sites for hydroxylation is 1. The maximum Gasteiger partial charge on any atom is 0.336 e. The molecule has 2 aromatic carbocycles. The number of carboxylic acids is 1. The number of ether oxygens (including phenoxy) is 1. The number of nitrogens with zero attached hydrogens (tertiary/aromatic N) is 1. The summed E-state index contributed by atoms with van der Waals surface area (Å²) in [6, 6.07) is 12.2. The highest BCUT2D eigenvalue weighted by molar-refractivity contribution is 5.91. The van der Waals surface area contributed by atoms with E-state index in [0.29, 0.717) is 28.3 Å². The van der Waals surface area contributed by atoms with Crippen molar-refractivity contribution in [3.8, 4) is 11.8 Å². The van der Waals surface area contributed by atoms with Crippen LogP contribution < -0.4 is 10.1 Å². The predicted octanol–water partition coefficient (Wildman–Crippen LogP) is 3.32. The smallest absolute Gasteiger partial charge is 0.336 e. The summed E-state index contributed by atoms with van der Waals surface area (Å²) < 4.78 is 5.23. The third-order valence-corrected chi connectivity index (χ3v) is 3.10. The molecule has 0 aliphatic heterocycles. The van der Waals surface area contributed by atoms with Gasteiger partial charge in [0.15, 0.2) is 0 Å². The van der Waals surface area contributed by atoms with Crippen LogP contribution >= 0.6 is 0 Å². The summed E-state index contributed by atoms with van der Waals surface area (Å²) >= 11 is 0. The Morgan fingerprint density at radius 3 is 2.71 bits per heavy atom. The SMILES string of the molecule is COc1cccc(C#N)c1Nc1ccc(C)c(C(=O)O)c1. The van der Waals surface area contributed by atoms with Crippen LogP contribution in [0.3, 0.4) is 0 Å². The molecule has 21 heavy (non-hydrogen) atoms. The monoisotopic (exact) mass is 282 g/mol. The van der Waals surface area contributed by atoms with Gasteiger partial charge in [-0.3, -0.25) is 0 Å². The summed E-state index contributed by atoms with van der Waals surface area (Å²) in [5, 5.41) is 21.4. The maximum absolute atomic E-state index is 11.2. The van der Waals surface area contributed by atoms with E-state index in [-0.39, 0.29) is 5.56 Å². The fourth-order valence-electron chi connectivity index (χ4n) is 2.00. The van der Waals surface area contributed by atoms with Crippen molar-refractivity contribution in [3.63, 3.8) is 0 Å². The molecule has 0 heterocycles. The summed E-state index contributed by atoms with van der Waals surface area (Å²) in [6.07, 6.45) is 0. The predicted molar refractivity (Wildman–Crippen MR) is 79.1 cm³/mol. The highest BCUT2D eigenvalue weighted by atomic mass is 16.5. The van der Waals surface area contributed by atoms with Crippen LogP contribution in [0, 0.1) is 18.3 Å². The molecule has 0 amide bonds. The van der Waals surface area contributed by atoms with Crippen molar-refractivity contribution in [1.82, 2.24) is 0 Å². The fraction of sp³-hybridized carbons (Fsp3) is 0.125. The first-order chi connectivity index (χ1) is 10.1. The summed E-state index contributed by atoms with van der Waals surface area (Å²) in [6.45, 7) is 1.73. The van der Waals surface area contributed by atoms with Gasteiger partial charge in [-0.2, -0.15) is 5.26 Å². The van der Waals surface area contributed by atoms with Gasteiger partial charge in [0.05, 0.1) is 23.9 Å². The molecular formula is C16H14N2O3. The van der Waals surface area contributed by atoms with Gasteiger partial charge in [-0.25, -0.2) is 4.79 Å². The first kappa shape index (κ1) is 14.4. The molecule has 2 N–H and O–H groups in total. The van der Waals surface area contributed by atoms with Gasteiger partial charge in [0.2, 0.25) is 0 Å². The van der Waals surface area contributed by atoms with Gasteiger partial charge < -0.3 is 15.2 Å². The molecule has 0 saturated heterocycles. The Balaban J connectivity index is 2.46. The molecule has 5 heteroatoms. The van der Waals surface area contributed by atoms with E-state index in [2.05, 4.69) is 11.4 Å². The molecule has 0 saturated carbocycles. The summed E-state index contributed by atoms with van der Waals surface area (Å²) in [4.78, 5) is 11.2. The Labute approximate surface area is 122 Å². The average Bonchev–Trinajstić information content (AvgIpc) is 2.49. The Kier molecular flexibility index (Phi) is 4.10. The van der Waals surface area contributed by atoms with Gasteiger partial charge in [-0.05, 0) is 36.8 Å². The minimum atomic E-state index is -0.989. The van der Waals surface area contributed by atoms with Gasteiger partial charge in [-0.1, -0.05) is 12.1 Å². The lowest BCUT2D eigenvalue weighted by Crippen LogP contribution is -2.02. The van der Waals surface area contributed by atoms with E-state index < -0.39 is 5.97 Å². The number of hydrogen-bond acceptors (Lipinski definition) is 4. The van der Waals surface area contributed by atoms with Crippen LogP contribution in [0.4, 0.5) is 11.4 Å². The van der Waals surface area contributed by atoms with Gasteiger partial charge in [-0.15, -0.1) is 0 Å². The number of nitrogens with one attached hydrogen (secondary N) is 1. The quantitative estimate of drug-likeness (QED) is 0.898. The number of aromatic carboxylic acids is 1. The minimum absolute atomic E-state index is 0.216. The van der Waals surface area contributed by atoms with Crippen LogP contribution in [0.5, 0.6) is 5.75 Å². The standard InChI is InChI=1S/C16H14N2O3/c1-10-6-7-12(8-13(10)16(19)20)18-15-11(9-17)4-3-5-14(15)21-2/h3-8,18H,1-2H3,(H,19,20). The van der Waals surface area contributed by atoms with Crippen molar-refractivity contribution in [2.75, 3.05) is 12.4 Å². The second kappa shape index (κ2) is 5.97. The lowest BCUT2D eigenvalue weighted by molar-refractivity contribution is 0.0696. The number of benzene rings is 2. The van der Waals surface area contributed by atoms with Crippen molar-refractivity contribution in [1.29, 1.82) is 5.26 Å². The van der Waals surface area contributed by atoms with E-state index in [1.807, 2.05) is 0 Å². The molecule has 0 aromatic heterocycles. The van der Waals surface area contributed by atoms with Crippen LogP contribution in [0.15, 0.2) is 36.4 Å². The first-order valence-electron chi connectivity index (χ1n) is 6.25. The Morgan fingerprint density at radius 1 is 1.33 bits per heavy atom. The third-order valence-electron chi connectivity index (χ3n) is 3.10. The second-order valence-corrected chi connectivity index (χ2v) is 4.45. The number of hydrogen-bond donors (Lipinski definition) is 2. The zero-order chi connectivity index (χ0) is 15.4. The Morgan fingerprint density at radius 2 is 2.10 bits per heavy atom. The van der Waals surface area contributed by atoms with Crippen molar-refractivity contribution >= 4 is 17.3 Å². The highest BCUT2D eigenvalue weighted by Crippen LogP contribution is 2.31. The molecule has 5 nitrogen and oxygen atoms in total. The number of para-hydroxylation sites is 1. The van der Waals surface area contributed by atoms with Crippen molar-refractivity contribution < 1.29 is 14.6 Å². The van der Waals surface area contributed by atoms with Gasteiger partial charge in [0, 0.05) is 5.69 Å². The van der Waals surface area contributed by atoms with Crippen LogP contribution in [0.25, 0.3) is 0 Å². The number of methoxy groups -OCH3 is 1. The van der Waals surface area contributed by atoms with Gasteiger partial charge >= 0.3 is 5.97 Å². The third kappa shape index (κ3) is 2.95. The number of carbonyl (C=O) groups is 1. The molecule has 0 bridgehead atoms. The number of rotatable bonds is 4. The number of anilines is 2. The molecule has 0 fully saturated rings. The van der Waals surface area contributed by atoms with Gasteiger partial charge in [0.25, 0.3) is 0 Å². The van der Waals surface area contributed by atoms with Crippen molar-refractivity contribution in [2.45, 2.75) is 6.92 Å². The van der Waals surface area contributed by atoms with Crippen molar-refractivity contribution in [3.05, 3.63) is 53.1 Å². The summed E-state index contributed by atoms with van der Waals surface area (Å²) in [7, 11) is 1.51. The molecule has 106 valence electrons. The van der Waals surface area contributed by atoms with Gasteiger partial charge in [0.1, 0.15) is 11.8 Å². The molecule has 2 aromatic rings. The molecule has 0 aliphatic carbocycles. The lowest BCUT2D eigenvalue weighted by Gasteiger charge is -2.13. The Bertz CT molecular complexity index is 733. The van der Waals surface area contributed by atoms with Crippen LogP contribution in [0.2, 0.25) is 0 Å². The molecule has 0 unspecified atom stereocenters. The van der Waals surface area contributed by atoms with Crippen LogP contribution in [-0.4, -0.2) is 18.2 Å². The zero-order valence-electron chi connectivity index (χ0n) is 11.7. The summed E-state index contributed by atoms with van der Waals surface area (Å²) in [5.74, 6) is -0.469. The molecule has 0 radical (unpaired) electrons. The minimum Gasteiger partial charge on any atom is -0.495 e. The topological polar surface area (TPSA) is 82.3 Å². The van der Waals surface area contributed by atoms with E-state index >= 15 is 0 Å². The lowest BCUT2D eigenvalue weighted by atomic mass is 10.1. The average molecular weight is 282 g/mol. The van der Waals surface area contributed by atoms with Crippen LogP contribution in [-0.2, 0) is 0 Å². The van der Waals surface area contributed by atoms with E-state index in [1.165, 1.54) is 13.2 Å². The normalized spacial score (nSPS) is 9.76. The van der Waals surface area contributed by atoms with E-state index in [9.17, 15) is 4.79 Å².